The Balaban J connectivity index is 1.88. The molecule has 0 unspecified atom stereocenters. The van der Waals surface area contributed by atoms with Gasteiger partial charge in [-0.25, -0.2) is 0 Å². The van der Waals surface area contributed by atoms with E-state index in [4.69, 9.17) is 6.42 Å². The molecule has 4 heteroatoms. The molecule has 14 heavy (non-hydrogen) atoms. The van der Waals surface area contributed by atoms with Crippen molar-refractivity contribution in [3.05, 3.63) is 18.5 Å². The highest BCUT2D eigenvalue weighted by atomic mass is 32.2. The van der Waals surface area contributed by atoms with E-state index >= 15 is 0 Å². The van der Waals surface area contributed by atoms with Gasteiger partial charge >= 0.3 is 0 Å². The lowest BCUT2D eigenvalue weighted by Gasteiger charge is -2.03. The minimum absolute atomic E-state index is 0.806. The lowest BCUT2D eigenvalue weighted by molar-refractivity contribution is 0.567. The third-order valence-electron chi connectivity index (χ3n) is 1.69. The van der Waals surface area contributed by atoms with E-state index < -0.39 is 0 Å². The second kappa shape index (κ2) is 7.48. The summed E-state index contributed by atoms with van der Waals surface area (Å²) in [6, 6.07) is 1.93. The summed E-state index contributed by atoms with van der Waals surface area (Å²) in [5, 5.41) is 7.44. The maximum absolute atomic E-state index is 5.13. The van der Waals surface area contributed by atoms with Crippen LogP contribution in [-0.4, -0.2) is 34.4 Å². The highest BCUT2D eigenvalue weighted by Gasteiger charge is 1.90. The number of hydrogen-bond donors (Lipinski definition) is 1. The number of rotatable bonds is 7. The smallest absolute Gasteiger partial charge is 0.0545 e. The Bertz CT molecular complexity index is 263. The van der Waals surface area contributed by atoms with Gasteiger partial charge in [0, 0.05) is 31.2 Å². The van der Waals surface area contributed by atoms with Gasteiger partial charge in [-0.2, -0.15) is 5.10 Å². The monoisotopic (exact) mass is 209 g/mol. The molecule has 0 amide bonds. The van der Waals surface area contributed by atoms with Gasteiger partial charge in [0.2, 0.25) is 0 Å². The van der Waals surface area contributed by atoms with Crippen LogP contribution in [0.3, 0.4) is 0 Å². The zero-order valence-corrected chi connectivity index (χ0v) is 8.96. The quantitative estimate of drug-likeness (QED) is 0.533. The van der Waals surface area contributed by atoms with Crippen LogP contribution < -0.4 is 5.32 Å². The van der Waals surface area contributed by atoms with Crippen molar-refractivity contribution in [3.63, 3.8) is 0 Å². The van der Waals surface area contributed by atoms with Crippen molar-refractivity contribution >= 4 is 11.8 Å². The van der Waals surface area contributed by atoms with Crippen LogP contribution in [0.25, 0.3) is 0 Å². The van der Waals surface area contributed by atoms with Crippen LogP contribution in [-0.2, 0) is 6.54 Å². The van der Waals surface area contributed by atoms with E-state index in [-0.39, 0.29) is 0 Å². The lowest BCUT2D eigenvalue weighted by Crippen LogP contribution is -2.22. The van der Waals surface area contributed by atoms with E-state index in [0.29, 0.717) is 0 Å². The van der Waals surface area contributed by atoms with Gasteiger partial charge in [-0.15, -0.1) is 18.2 Å². The van der Waals surface area contributed by atoms with E-state index in [1.807, 2.05) is 16.9 Å². The summed E-state index contributed by atoms with van der Waals surface area (Å²) >= 11 is 1.78. The molecule has 0 aliphatic rings. The average molecular weight is 209 g/mol. The molecule has 0 aliphatic carbocycles. The number of nitrogens with zero attached hydrogens (tertiary/aromatic N) is 2. The first-order valence-corrected chi connectivity index (χ1v) is 5.78. The minimum Gasteiger partial charge on any atom is -0.314 e. The van der Waals surface area contributed by atoms with Crippen molar-refractivity contribution in [2.45, 2.75) is 6.54 Å². The molecule has 0 aliphatic heterocycles. The van der Waals surface area contributed by atoms with Gasteiger partial charge in [0.25, 0.3) is 0 Å². The molecule has 3 nitrogen and oxygen atoms in total. The van der Waals surface area contributed by atoms with Gasteiger partial charge in [0.1, 0.15) is 0 Å². The molecule has 0 fully saturated rings. The molecule has 0 saturated heterocycles. The minimum atomic E-state index is 0.806. The van der Waals surface area contributed by atoms with Gasteiger partial charge in [0.15, 0.2) is 0 Å². The zero-order chi connectivity index (χ0) is 10.1. The number of aromatic nitrogens is 2. The molecule has 1 heterocycles. The normalized spacial score (nSPS) is 9.93. The highest BCUT2D eigenvalue weighted by Crippen LogP contribution is 1.94. The number of terminal acetylenes is 1. The number of nitrogens with one attached hydrogen (secondary N) is 1. The van der Waals surface area contributed by atoms with Crippen molar-refractivity contribution < 1.29 is 0 Å². The van der Waals surface area contributed by atoms with Crippen LogP contribution in [0.5, 0.6) is 0 Å². The Morgan fingerprint density at radius 3 is 3.14 bits per heavy atom. The third-order valence-corrected chi connectivity index (χ3v) is 2.55. The Morgan fingerprint density at radius 1 is 1.50 bits per heavy atom. The zero-order valence-electron chi connectivity index (χ0n) is 8.15. The van der Waals surface area contributed by atoms with Crippen molar-refractivity contribution in [1.29, 1.82) is 0 Å². The summed E-state index contributed by atoms with van der Waals surface area (Å²) in [6.07, 6.45) is 8.89. The Hall–Kier alpha value is -0.920. The molecule has 1 aromatic heterocycles. The SMILES string of the molecule is C#CCSCCNCCn1cccn1. The molecule has 76 valence electrons. The Kier molecular flexibility index (Phi) is 5.96. The van der Waals surface area contributed by atoms with Crippen molar-refractivity contribution in [2.24, 2.45) is 0 Å². The molecule has 0 atom stereocenters. The van der Waals surface area contributed by atoms with Gasteiger partial charge in [-0.3, -0.25) is 4.68 Å². The second-order valence-electron chi connectivity index (χ2n) is 2.78. The fraction of sp³-hybridized carbons (Fsp3) is 0.500. The molecule has 0 saturated carbocycles. The summed E-state index contributed by atoms with van der Waals surface area (Å²) in [4.78, 5) is 0. The van der Waals surface area contributed by atoms with Crippen LogP contribution in [0, 0.1) is 12.3 Å². The van der Waals surface area contributed by atoms with E-state index in [9.17, 15) is 0 Å². The first-order valence-electron chi connectivity index (χ1n) is 4.63. The summed E-state index contributed by atoms with van der Waals surface area (Å²) in [5.74, 6) is 4.48. The lowest BCUT2D eigenvalue weighted by atomic mass is 10.6. The van der Waals surface area contributed by atoms with E-state index in [0.717, 1.165) is 31.1 Å². The van der Waals surface area contributed by atoms with Gasteiger partial charge < -0.3 is 5.32 Å². The molecule has 0 spiro atoms. The second-order valence-corrected chi connectivity index (χ2v) is 3.88. The van der Waals surface area contributed by atoms with E-state index in [1.165, 1.54) is 0 Å². The van der Waals surface area contributed by atoms with Gasteiger partial charge in [-0.1, -0.05) is 5.92 Å². The van der Waals surface area contributed by atoms with Crippen molar-refractivity contribution in [3.8, 4) is 12.3 Å². The first kappa shape index (κ1) is 11.2. The summed E-state index contributed by atoms with van der Waals surface area (Å²) < 4.78 is 1.92. The Labute approximate surface area is 89.3 Å². The first-order chi connectivity index (χ1) is 6.93. The number of thioether (sulfide) groups is 1. The fourth-order valence-corrected chi connectivity index (χ4v) is 1.58. The summed E-state index contributed by atoms with van der Waals surface area (Å²) in [7, 11) is 0. The standard InChI is InChI=1S/C10H15N3S/c1-2-9-14-10-6-11-5-8-13-7-3-4-12-13/h1,3-4,7,11H,5-6,8-10H2. The molecular weight excluding hydrogens is 194 g/mol. The average Bonchev–Trinajstić information content (AvgIpc) is 2.69. The highest BCUT2D eigenvalue weighted by molar-refractivity contribution is 7.99. The van der Waals surface area contributed by atoms with Crippen molar-refractivity contribution in [2.75, 3.05) is 24.6 Å². The predicted octanol–water partition coefficient (Wildman–Crippen LogP) is 0.839. The van der Waals surface area contributed by atoms with Crippen LogP contribution in [0.2, 0.25) is 0 Å². The van der Waals surface area contributed by atoms with Gasteiger partial charge in [-0.05, 0) is 6.07 Å². The maximum Gasteiger partial charge on any atom is 0.0545 e. The molecule has 1 aromatic rings. The molecular formula is C10H15N3S. The van der Waals surface area contributed by atoms with Crippen LogP contribution in [0.15, 0.2) is 18.5 Å². The topological polar surface area (TPSA) is 29.9 Å². The Morgan fingerprint density at radius 2 is 2.43 bits per heavy atom. The predicted molar refractivity (Wildman–Crippen MR) is 61.3 cm³/mol. The van der Waals surface area contributed by atoms with Crippen LogP contribution in [0.4, 0.5) is 0 Å². The molecule has 0 radical (unpaired) electrons. The van der Waals surface area contributed by atoms with Crippen molar-refractivity contribution in [1.82, 2.24) is 15.1 Å². The van der Waals surface area contributed by atoms with E-state index in [2.05, 4.69) is 16.3 Å². The maximum atomic E-state index is 5.13. The van der Waals surface area contributed by atoms with Crippen LogP contribution in [0.1, 0.15) is 0 Å². The largest absolute Gasteiger partial charge is 0.314 e. The van der Waals surface area contributed by atoms with Crippen LogP contribution >= 0.6 is 11.8 Å². The summed E-state index contributed by atoms with van der Waals surface area (Å²) in [6.45, 7) is 2.89. The molecule has 0 bridgehead atoms. The van der Waals surface area contributed by atoms with Gasteiger partial charge in [0.05, 0.1) is 12.3 Å². The molecule has 1 N–H and O–H groups in total. The molecule has 0 aromatic carbocycles. The molecule has 1 rings (SSSR count). The van der Waals surface area contributed by atoms with E-state index in [1.54, 1.807) is 18.0 Å². The summed E-state index contributed by atoms with van der Waals surface area (Å²) in [5.41, 5.74) is 0. The third kappa shape index (κ3) is 4.95. The number of hydrogen-bond acceptors (Lipinski definition) is 3. The fourth-order valence-electron chi connectivity index (χ4n) is 1.03.